The molecule has 2 atom stereocenters. The van der Waals surface area contributed by atoms with E-state index in [9.17, 15) is 19.5 Å². The summed E-state index contributed by atoms with van der Waals surface area (Å²) in [6.45, 7) is 16.0. The lowest BCUT2D eigenvalue weighted by Crippen LogP contribution is -2.35. The number of fused-ring (bicyclic) bond motifs is 8. The normalized spacial score (nSPS) is 16.0. The van der Waals surface area contributed by atoms with Crippen LogP contribution < -0.4 is 0 Å². The Kier molecular flexibility index (Phi) is 14.2. The second-order valence-corrected chi connectivity index (χ2v) is 17.4. The van der Waals surface area contributed by atoms with Crippen molar-refractivity contribution in [3.63, 3.8) is 0 Å². The first-order valence-corrected chi connectivity index (χ1v) is 21.9. The number of unbranched alkanes of at least 4 members (excludes halogenated alkanes) is 1. The number of nitrogens with zero attached hydrogens (tertiary/aromatic N) is 5. The van der Waals surface area contributed by atoms with Gasteiger partial charge in [0.15, 0.2) is 5.78 Å². The topological polar surface area (TPSA) is 139 Å². The van der Waals surface area contributed by atoms with Crippen LogP contribution in [0, 0.1) is 25.7 Å². The largest absolute Gasteiger partial charge is 0.481 e. The van der Waals surface area contributed by atoms with Crippen LogP contribution in [-0.4, -0.2) is 112 Å². The minimum Gasteiger partial charge on any atom is -0.481 e. The molecule has 6 rings (SSSR count). The molecule has 320 valence electrons. The van der Waals surface area contributed by atoms with Gasteiger partial charge in [0.2, 0.25) is 5.91 Å². The molecule has 0 spiro atoms. The van der Waals surface area contributed by atoms with Crippen molar-refractivity contribution in [1.82, 2.24) is 34.6 Å². The number of aromatic nitrogens is 4. The summed E-state index contributed by atoms with van der Waals surface area (Å²) in [5.41, 5.74) is 14.9. The van der Waals surface area contributed by atoms with Gasteiger partial charge in [-0.15, -0.1) is 0 Å². The van der Waals surface area contributed by atoms with Crippen LogP contribution in [0.1, 0.15) is 152 Å². The number of hydrogen-bond donors (Lipinski definition) is 3. The molecule has 5 heterocycles. The van der Waals surface area contributed by atoms with E-state index in [2.05, 4.69) is 107 Å². The van der Waals surface area contributed by atoms with E-state index in [-0.39, 0.29) is 36.4 Å². The molecule has 11 heteroatoms. The van der Waals surface area contributed by atoms with E-state index >= 15 is 0 Å². The summed E-state index contributed by atoms with van der Waals surface area (Å²) in [6, 6.07) is 4.25. The maximum Gasteiger partial charge on any atom is 0.303 e. The molecule has 60 heavy (non-hydrogen) atoms. The maximum atomic E-state index is 14.2. The molecule has 11 nitrogen and oxygen atoms in total. The van der Waals surface area contributed by atoms with Crippen LogP contribution in [0.3, 0.4) is 0 Å². The summed E-state index contributed by atoms with van der Waals surface area (Å²) in [6.07, 6.45) is 5.52. The Balaban J connectivity index is 1.58. The van der Waals surface area contributed by atoms with Gasteiger partial charge in [0.05, 0.1) is 39.4 Å². The third-order valence-corrected chi connectivity index (χ3v) is 12.7. The van der Waals surface area contributed by atoms with Crippen molar-refractivity contribution in [3.8, 4) is 11.8 Å². The van der Waals surface area contributed by atoms with Gasteiger partial charge < -0.3 is 29.8 Å². The molecule has 2 aliphatic heterocycles. The number of amides is 1. The Morgan fingerprint density at radius 2 is 1.50 bits per heavy atom. The summed E-state index contributed by atoms with van der Waals surface area (Å²) >= 11 is 0. The van der Waals surface area contributed by atoms with Crippen LogP contribution >= 0.6 is 0 Å². The van der Waals surface area contributed by atoms with Gasteiger partial charge in [-0.2, -0.15) is 0 Å². The lowest BCUT2D eigenvalue weighted by molar-refractivity contribution is -0.137. The second kappa shape index (κ2) is 19.1. The van der Waals surface area contributed by atoms with E-state index in [1.54, 1.807) is 0 Å². The third kappa shape index (κ3) is 9.30. The first-order chi connectivity index (χ1) is 28.6. The van der Waals surface area contributed by atoms with Crippen molar-refractivity contribution in [2.45, 2.75) is 118 Å². The van der Waals surface area contributed by atoms with Crippen LogP contribution in [0.4, 0.5) is 0 Å². The van der Waals surface area contributed by atoms with Crippen molar-refractivity contribution in [1.29, 1.82) is 0 Å². The number of rotatable bonds is 16. The van der Waals surface area contributed by atoms with Crippen LogP contribution in [0.5, 0.6) is 0 Å². The van der Waals surface area contributed by atoms with Crippen LogP contribution in [0.2, 0.25) is 0 Å². The lowest BCUT2D eigenvalue weighted by Gasteiger charge is -2.26. The summed E-state index contributed by atoms with van der Waals surface area (Å²) in [5, 5.41) is 9.34. The number of aryl methyl sites for hydroxylation is 3. The predicted molar refractivity (Wildman–Crippen MR) is 242 cm³/mol. The second-order valence-electron chi connectivity index (χ2n) is 17.4. The predicted octanol–water partition coefficient (Wildman–Crippen LogP) is 8.58. The van der Waals surface area contributed by atoms with E-state index < -0.39 is 5.97 Å². The number of allylic oxidation sites excluding steroid dienone is 2. The van der Waals surface area contributed by atoms with Gasteiger partial charge in [-0.25, -0.2) is 4.98 Å². The van der Waals surface area contributed by atoms with E-state index in [4.69, 9.17) is 9.97 Å². The smallest absolute Gasteiger partial charge is 0.303 e. The van der Waals surface area contributed by atoms with Gasteiger partial charge in [-0.1, -0.05) is 32.6 Å². The van der Waals surface area contributed by atoms with Crippen molar-refractivity contribution in [2.75, 3.05) is 54.4 Å². The molecule has 0 fully saturated rings. The molecule has 3 aromatic heterocycles. The highest BCUT2D eigenvalue weighted by Crippen LogP contribution is 2.46. The zero-order valence-corrected chi connectivity index (χ0v) is 37.6. The van der Waals surface area contributed by atoms with E-state index in [0.29, 0.717) is 44.3 Å². The van der Waals surface area contributed by atoms with Crippen LogP contribution in [-0.2, 0) is 22.4 Å². The molecule has 0 aromatic carbocycles. The minimum atomic E-state index is -0.838. The molecule has 0 unspecified atom stereocenters. The SMILES string of the molecule is CCC1=C(C)c2cc3[nH]c(c(C)c3CC)c(C#CCCCC(=O)O)c3nc(c4c5[nH]c(cc1n2)c(C)c5C(=O)C4)[C@@H](CCC(=O)N(CCCN(C)C)CCCN(C)C)[C@@H]3C. The summed E-state index contributed by atoms with van der Waals surface area (Å²) in [7, 11) is 8.25. The number of carbonyl (C=O) groups excluding carboxylic acids is 2. The monoisotopic (exact) mass is 816 g/mol. The van der Waals surface area contributed by atoms with Crippen molar-refractivity contribution in [3.05, 3.63) is 68.3 Å². The highest BCUT2D eigenvalue weighted by molar-refractivity contribution is 6.13. The quantitative estimate of drug-likeness (QED) is 0.0966. The number of carboxylic acid groups (broad SMARTS) is 1. The molecule has 8 bridgehead atoms. The Bertz CT molecular complexity index is 2410. The summed E-state index contributed by atoms with van der Waals surface area (Å²) in [5.74, 6) is 5.93. The number of carboxylic acids is 1. The summed E-state index contributed by atoms with van der Waals surface area (Å²) < 4.78 is 0. The van der Waals surface area contributed by atoms with Gasteiger partial charge >= 0.3 is 5.97 Å². The van der Waals surface area contributed by atoms with E-state index in [1.807, 2.05) is 11.8 Å². The van der Waals surface area contributed by atoms with E-state index in [1.165, 1.54) is 11.1 Å². The van der Waals surface area contributed by atoms with Crippen molar-refractivity contribution < 1.29 is 19.5 Å². The highest BCUT2D eigenvalue weighted by atomic mass is 16.4. The number of ketones is 1. The number of hydrogen-bond acceptors (Lipinski definition) is 7. The maximum absolute atomic E-state index is 14.2. The molecule has 3 aromatic rings. The van der Waals surface area contributed by atoms with Crippen LogP contribution in [0.25, 0.3) is 33.2 Å². The molecule has 3 aliphatic rings. The van der Waals surface area contributed by atoms with E-state index in [0.717, 1.165) is 111 Å². The standard InChI is InChI=1S/C49H65N7O4/c1-11-33-29(3)38-27-41-34(12-2)30(4)46(52-41)36(18-14-13-15-19-44(59)60)47-31(5)35(20-21-43(58)56(24-16-22-54(7)8)25-17-23-55(9)10)48(53-47)37-26-42(57)45-32(6)39(51-49(37)45)28-40(33)50-38/h27-28,31,35,51-52H,11-13,15-17,19-26H2,1-10H3,(H,59,60)/t31-,35-/m0/s1. The molecular formula is C49H65N7O4. The van der Waals surface area contributed by atoms with Gasteiger partial charge in [0, 0.05) is 72.8 Å². The molecule has 1 aliphatic carbocycles. The molecule has 1 amide bonds. The van der Waals surface area contributed by atoms with Gasteiger partial charge in [-0.3, -0.25) is 19.4 Å². The third-order valence-electron chi connectivity index (χ3n) is 12.7. The van der Waals surface area contributed by atoms with Gasteiger partial charge in [0.1, 0.15) is 0 Å². The first-order valence-electron chi connectivity index (χ1n) is 21.9. The number of H-pyrrole nitrogens is 2. The van der Waals surface area contributed by atoms with Gasteiger partial charge in [0.25, 0.3) is 0 Å². The number of Topliss-reactive ketones (excluding diaryl/α,β-unsaturated/α-hetero) is 1. The average Bonchev–Trinajstić information content (AvgIpc) is 3.95. The van der Waals surface area contributed by atoms with Crippen molar-refractivity contribution >= 4 is 50.9 Å². The average molecular weight is 816 g/mol. The Labute approximate surface area is 356 Å². The Morgan fingerprint density at radius 1 is 0.833 bits per heavy atom. The zero-order chi connectivity index (χ0) is 43.4. The van der Waals surface area contributed by atoms with Crippen LogP contribution in [0.15, 0.2) is 12.1 Å². The lowest BCUT2D eigenvalue weighted by atomic mass is 9.84. The fourth-order valence-corrected chi connectivity index (χ4v) is 9.37. The van der Waals surface area contributed by atoms with Crippen molar-refractivity contribution in [2.24, 2.45) is 0 Å². The molecule has 0 saturated heterocycles. The number of carbonyl (C=O) groups is 3. The number of nitrogens with one attached hydrogen (secondary N) is 2. The Hall–Kier alpha value is -5.05. The first kappa shape index (κ1) is 44.5. The fourth-order valence-electron chi connectivity index (χ4n) is 9.37. The zero-order valence-electron chi connectivity index (χ0n) is 37.6. The minimum absolute atomic E-state index is 0.0503. The van der Waals surface area contributed by atoms with Gasteiger partial charge in [-0.05, 0) is 141 Å². The molecule has 0 saturated carbocycles. The molecule has 3 N–H and O–H groups in total. The summed E-state index contributed by atoms with van der Waals surface area (Å²) in [4.78, 5) is 64.2. The fraction of sp³-hybridized carbons (Fsp3) is 0.531. The molecule has 0 radical (unpaired) electrons. The highest BCUT2D eigenvalue weighted by Gasteiger charge is 2.37. The number of aromatic amines is 2. The number of aliphatic carboxylic acids is 1. The Morgan fingerprint density at radius 3 is 2.13 bits per heavy atom. The molecular weight excluding hydrogens is 751 g/mol.